The smallest absolute Gasteiger partial charge is 0.142 e. The lowest BCUT2D eigenvalue weighted by atomic mass is 10.0. The third kappa shape index (κ3) is 3.99. The Morgan fingerprint density at radius 1 is 1.14 bits per heavy atom. The van der Waals surface area contributed by atoms with Crippen LogP contribution in [0, 0.1) is 5.82 Å². The highest BCUT2D eigenvalue weighted by molar-refractivity contribution is 7.98. The van der Waals surface area contributed by atoms with Crippen molar-refractivity contribution in [2.45, 2.75) is 30.4 Å². The molecule has 0 aromatic heterocycles. The van der Waals surface area contributed by atoms with Gasteiger partial charge in [0.1, 0.15) is 17.7 Å². The van der Waals surface area contributed by atoms with Gasteiger partial charge in [0.15, 0.2) is 0 Å². The van der Waals surface area contributed by atoms with Crippen molar-refractivity contribution in [3.05, 3.63) is 59.9 Å². The summed E-state index contributed by atoms with van der Waals surface area (Å²) < 4.78 is 20.0. The molecular weight excluding hydrogens is 285 g/mol. The minimum atomic E-state index is -0.490. The maximum absolute atomic E-state index is 14.0. The first-order valence-electron chi connectivity index (χ1n) is 6.96. The zero-order chi connectivity index (χ0) is 15.2. The molecule has 2 atom stereocenters. The molecule has 0 fully saturated rings. The Hall–Kier alpha value is -1.52. The average molecular weight is 305 g/mol. The van der Waals surface area contributed by atoms with Crippen LogP contribution in [0.3, 0.4) is 0 Å². The topological polar surface area (TPSA) is 35.2 Å². The summed E-state index contributed by atoms with van der Waals surface area (Å²) in [4.78, 5) is 1.16. The standard InChI is InChI=1S/C17H20FNOS/c1-3-16(19)17(14-6-4-5-7-15(14)18)20-12-8-10-13(21-2)11-9-12/h4-11,16-17H,3,19H2,1-2H3. The van der Waals surface area contributed by atoms with Gasteiger partial charge in [0.2, 0.25) is 0 Å². The van der Waals surface area contributed by atoms with Crippen molar-refractivity contribution in [1.29, 1.82) is 0 Å². The van der Waals surface area contributed by atoms with Gasteiger partial charge in [-0.25, -0.2) is 4.39 Å². The molecule has 2 rings (SSSR count). The van der Waals surface area contributed by atoms with Crippen molar-refractivity contribution in [3.63, 3.8) is 0 Å². The quantitative estimate of drug-likeness (QED) is 0.803. The first kappa shape index (κ1) is 15.9. The Bertz CT molecular complexity index is 573. The second-order valence-corrected chi connectivity index (χ2v) is 5.69. The first-order valence-corrected chi connectivity index (χ1v) is 8.19. The summed E-state index contributed by atoms with van der Waals surface area (Å²) in [7, 11) is 0. The third-order valence-electron chi connectivity index (χ3n) is 3.39. The first-order chi connectivity index (χ1) is 10.2. The maximum Gasteiger partial charge on any atom is 0.142 e. The van der Waals surface area contributed by atoms with E-state index in [1.54, 1.807) is 30.0 Å². The average Bonchev–Trinajstić information content (AvgIpc) is 2.53. The lowest BCUT2D eigenvalue weighted by molar-refractivity contribution is 0.166. The molecule has 4 heteroatoms. The predicted octanol–water partition coefficient (Wildman–Crippen LogP) is 4.41. The van der Waals surface area contributed by atoms with Crippen LogP contribution in [-0.2, 0) is 0 Å². The van der Waals surface area contributed by atoms with Crippen LogP contribution in [-0.4, -0.2) is 12.3 Å². The van der Waals surface area contributed by atoms with E-state index < -0.39 is 6.10 Å². The van der Waals surface area contributed by atoms with Crippen molar-refractivity contribution in [2.24, 2.45) is 5.73 Å². The molecule has 2 unspecified atom stereocenters. The molecule has 0 amide bonds. The van der Waals surface area contributed by atoms with Gasteiger partial charge in [-0.3, -0.25) is 0 Å². The van der Waals surface area contributed by atoms with E-state index in [2.05, 4.69) is 0 Å². The summed E-state index contributed by atoms with van der Waals surface area (Å²) in [5.74, 6) is 0.414. The van der Waals surface area contributed by atoms with Crippen LogP contribution >= 0.6 is 11.8 Å². The Labute approximate surface area is 129 Å². The van der Waals surface area contributed by atoms with Crippen LogP contribution in [0.4, 0.5) is 4.39 Å². The SMILES string of the molecule is CCC(N)C(Oc1ccc(SC)cc1)c1ccccc1F. The van der Waals surface area contributed by atoms with Crippen molar-refractivity contribution < 1.29 is 9.13 Å². The fourth-order valence-electron chi connectivity index (χ4n) is 2.10. The molecule has 0 radical (unpaired) electrons. The number of hydrogen-bond donors (Lipinski definition) is 1. The van der Waals surface area contributed by atoms with E-state index >= 15 is 0 Å². The van der Waals surface area contributed by atoms with Crippen molar-refractivity contribution in [3.8, 4) is 5.75 Å². The Morgan fingerprint density at radius 3 is 2.38 bits per heavy atom. The fraction of sp³-hybridized carbons (Fsp3) is 0.294. The Kier molecular flexibility index (Phi) is 5.65. The molecule has 2 aromatic rings. The monoisotopic (exact) mass is 305 g/mol. The molecule has 0 saturated carbocycles. The molecule has 0 saturated heterocycles. The van der Waals surface area contributed by atoms with Gasteiger partial charge in [-0.15, -0.1) is 11.8 Å². The molecule has 2 aromatic carbocycles. The molecule has 0 spiro atoms. The van der Waals surface area contributed by atoms with Gasteiger partial charge in [0.05, 0.1) is 0 Å². The van der Waals surface area contributed by atoms with Gasteiger partial charge >= 0.3 is 0 Å². The Balaban J connectivity index is 2.26. The molecule has 0 aliphatic rings. The van der Waals surface area contributed by atoms with E-state index in [0.29, 0.717) is 17.7 Å². The summed E-state index contributed by atoms with van der Waals surface area (Å²) in [6.45, 7) is 1.97. The largest absolute Gasteiger partial charge is 0.484 e. The van der Waals surface area contributed by atoms with Crippen LogP contribution < -0.4 is 10.5 Å². The van der Waals surface area contributed by atoms with E-state index in [-0.39, 0.29) is 11.9 Å². The molecule has 0 heterocycles. The molecule has 2 N–H and O–H groups in total. The molecular formula is C17H20FNOS. The molecule has 0 aliphatic carbocycles. The number of nitrogens with two attached hydrogens (primary N) is 1. The third-order valence-corrected chi connectivity index (χ3v) is 4.14. The van der Waals surface area contributed by atoms with Gasteiger partial charge in [-0.2, -0.15) is 0 Å². The lowest BCUT2D eigenvalue weighted by Crippen LogP contribution is -2.32. The highest BCUT2D eigenvalue weighted by Crippen LogP contribution is 2.28. The summed E-state index contributed by atoms with van der Waals surface area (Å²) in [5, 5.41) is 0. The predicted molar refractivity (Wildman–Crippen MR) is 86.3 cm³/mol. The van der Waals surface area contributed by atoms with Crippen LogP contribution in [0.25, 0.3) is 0 Å². The number of rotatable bonds is 6. The molecule has 0 aliphatic heterocycles. The fourth-order valence-corrected chi connectivity index (χ4v) is 2.51. The molecule has 21 heavy (non-hydrogen) atoms. The second kappa shape index (κ2) is 7.48. The van der Waals surface area contributed by atoms with Gasteiger partial charge in [-0.1, -0.05) is 25.1 Å². The molecule has 2 nitrogen and oxygen atoms in total. The van der Waals surface area contributed by atoms with E-state index in [4.69, 9.17) is 10.5 Å². The van der Waals surface area contributed by atoms with E-state index in [1.165, 1.54) is 6.07 Å². The number of hydrogen-bond acceptors (Lipinski definition) is 3. The minimum Gasteiger partial charge on any atom is -0.484 e. The van der Waals surface area contributed by atoms with Crippen LogP contribution in [0.5, 0.6) is 5.75 Å². The second-order valence-electron chi connectivity index (χ2n) is 4.81. The highest BCUT2D eigenvalue weighted by Gasteiger charge is 2.23. The summed E-state index contributed by atoms with van der Waals surface area (Å²) in [6.07, 6.45) is 2.24. The Morgan fingerprint density at radius 2 is 1.81 bits per heavy atom. The van der Waals surface area contributed by atoms with Crippen LogP contribution in [0.1, 0.15) is 25.0 Å². The highest BCUT2D eigenvalue weighted by atomic mass is 32.2. The zero-order valence-corrected chi connectivity index (χ0v) is 13.1. The van der Waals surface area contributed by atoms with E-state index in [0.717, 1.165) is 4.90 Å². The van der Waals surface area contributed by atoms with Gasteiger partial charge in [0, 0.05) is 16.5 Å². The number of ether oxygens (including phenoxy) is 1. The van der Waals surface area contributed by atoms with E-state index in [9.17, 15) is 4.39 Å². The maximum atomic E-state index is 14.0. The minimum absolute atomic E-state index is 0.262. The summed E-state index contributed by atoms with van der Waals surface area (Å²) in [5.41, 5.74) is 6.63. The van der Waals surface area contributed by atoms with E-state index in [1.807, 2.05) is 37.4 Å². The molecule has 112 valence electrons. The zero-order valence-electron chi connectivity index (χ0n) is 12.3. The van der Waals surface area contributed by atoms with Gasteiger partial charge < -0.3 is 10.5 Å². The number of benzene rings is 2. The van der Waals surface area contributed by atoms with Crippen molar-refractivity contribution in [1.82, 2.24) is 0 Å². The van der Waals surface area contributed by atoms with Crippen LogP contribution in [0.15, 0.2) is 53.4 Å². The summed E-state index contributed by atoms with van der Waals surface area (Å²) >= 11 is 1.67. The van der Waals surface area contributed by atoms with Crippen molar-refractivity contribution >= 4 is 11.8 Å². The van der Waals surface area contributed by atoms with Crippen molar-refractivity contribution in [2.75, 3.05) is 6.26 Å². The number of thioether (sulfide) groups is 1. The summed E-state index contributed by atoms with van der Waals surface area (Å²) in [6, 6.07) is 14.1. The number of halogens is 1. The molecule has 0 bridgehead atoms. The normalized spacial score (nSPS) is 13.7. The van der Waals surface area contributed by atoms with Crippen LogP contribution in [0.2, 0.25) is 0 Å². The van der Waals surface area contributed by atoms with Gasteiger partial charge in [-0.05, 0) is 43.0 Å². The lowest BCUT2D eigenvalue weighted by Gasteiger charge is -2.25. The van der Waals surface area contributed by atoms with Gasteiger partial charge in [0.25, 0.3) is 0 Å².